The molecule has 0 aromatic carbocycles. The van der Waals surface area contributed by atoms with Gasteiger partial charge in [-0.3, -0.25) is 0 Å². The largest absolute Gasteiger partial charge is 0.393 e. The van der Waals surface area contributed by atoms with E-state index in [0.717, 1.165) is 42.4 Å². The third-order valence-electron chi connectivity index (χ3n) is 9.93. The molecule has 0 saturated heterocycles. The van der Waals surface area contributed by atoms with Crippen molar-refractivity contribution in [1.29, 1.82) is 5.26 Å². The topological polar surface area (TPSA) is 44.0 Å². The van der Waals surface area contributed by atoms with Crippen molar-refractivity contribution >= 4 is 0 Å². The lowest BCUT2D eigenvalue weighted by Gasteiger charge is -2.61. The van der Waals surface area contributed by atoms with Gasteiger partial charge in [-0.15, -0.1) is 0 Å². The molecule has 1 spiro atoms. The van der Waals surface area contributed by atoms with Gasteiger partial charge in [0, 0.05) is 6.08 Å². The van der Waals surface area contributed by atoms with Crippen LogP contribution in [-0.4, -0.2) is 11.2 Å². The number of fused-ring (bicyclic) bond motifs is 4. The zero-order valence-corrected chi connectivity index (χ0v) is 15.7. The summed E-state index contributed by atoms with van der Waals surface area (Å²) >= 11 is 0. The highest BCUT2D eigenvalue weighted by Crippen LogP contribution is 2.71. The number of aliphatic hydroxyl groups is 1. The highest BCUT2D eigenvalue weighted by molar-refractivity contribution is 5.28. The minimum absolute atomic E-state index is 0.0334. The van der Waals surface area contributed by atoms with E-state index in [1.54, 1.807) is 0 Å². The van der Waals surface area contributed by atoms with Gasteiger partial charge in [0.15, 0.2) is 0 Å². The van der Waals surface area contributed by atoms with Crippen molar-refractivity contribution in [3.05, 3.63) is 11.6 Å². The third-order valence-corrected chi connectivity index (χ3v) is 9.93. The second kappa shape index (κ2) is 5.59. The molecular formula is C23H33NO. The van der Waals surface area contributed by atoms with Gasteiger partial charge in [0.1, 0.15) is 0 Å². The second-order valence-electron chi connectivity index (χ2n) is 10.3. The molecule has 25 heavy (non-hydrogen) atoms. The number of allylic oxidation sites excluding steroid dienone is 2. The second-order valence-corrected chi connectivity index (χ2v) is 10.3. The Morgan fingerprint density at radius 3 is 2.76 bits per heavy atom. The molecule has 2 nitrogen and oxygen atoms in total. The van der Waals surface area contributed by atoms with Gasteiger partial charge in [-0.25, -0.2) is 0 Å². The van der Waals surface area contributed by atoms with Crippen LogP contribution in [0.3, 0.4) is 0 Å². The first-order chi connectivity index (χ1) is 12.1. The number of hydrogen-bond donors (Lipinski definition) is 1. The Morgan fingerprint density at radius 2 is 1.92 bits per heavy atom. The van der Waals surface area contributed by atoms with E-state index in [1.165, 1.54) is 63.4 Å². The predicted octanol–water partition coefficient (Wildman–Crippen LogP) is 5.23. The molecule has 5 rings (SSSR count). The van der Waals surface area contributed by atoms with Crippen molar-refractivity contribution in [1.82, 2.24) is 0 Å². The van der Waals surface area contributed by atoms with Crippen LogP contribution < -0.4 is 0 Å². The molecule has 0 aromatic heterocycles. The molecule has 0 heterocycles. The van der Waals surface area contributed by atoms with Crippen LogP contribution >= 0.6 is 0 Å². The maximum absolute atomic E-state index is 10.2. The van der Waals surface area contributed by atoms with Crippen molar-refractivity contribution in [2.45, 2.75) is 83.7 Å². The van der Waals surface area contributed by atoms with Crippen molar-refractivity contribution in [2.75, 3.05) is 0 Å². The van der Waals surface area contributed by atoms with Gasteiger partial charge in [-0.05, 0) is 111 Å². The molecule has 0 radical (unpaired) electrons. The summed E-state index contributed by atoms with van der Waals surface area (Å²) in [5.41, 5.74) is 2.54. The number of nitrogens with zero attached hydrogens (tertiary/aromatic N) is 1. The van der Waals surface area contributed by atoms with Gasteiger partial charge in [0.25, 0.3) is 0 Å². The highest BCUT2D eigenvalue weighted by atomic mass is 16.3. The summed E-state index contributed by atoms with van der Waals surface area (Å²) in [7, 11) is 0. The van der Waals surface area contributed by atoms with E-state index in [4.69, 9.17) is 5.26 Å². The van der Waals surface area contributed by atoms with Crippen LogP contribution in [0.25, 0.3) is 0 Å². The minimum atomic E-state index is -0.0334. The lowest BCUT2D eigenvalue weighted by Crippen LogP contribution is -2.53. The maximum atomic E-state index is 10.2. The lowest BCUT2D eigenvalue weighted by atomic mass is 9.44. The molecule has 2 heteroatoms. The van der Waals surface area contributed by atoms with E-state index in [9.17, 15) is 5.11 Å². The van der Waals surface area contributed by atoms with Crippen molar-refractivity contribution in [3.8, 4) is 6.07 Å². The van der Waals surface area contributed by atoms with Crippen molar-refractivity contribution in [3.63, 3.8) is 0 Å². The summed E-state index contributed by atoms with van der Waals surface area (Å²) in [6.07, 6.45) is 16.1. The van der Waals surface area contributed by atoms with Crippen molar-refractivity contribution < 1.29 is 5.11 Å². The summed E-state index contributed by atoms with van der Waals surface area (Å²) in [6.45, 7) is 2.58. The Hall–Kier alpha value is -0.810. The van der Waals surface area contributed by atoms with E-state index in [0.29, 0.717) is 10.8 Å². The molecule has 1 N–H and O–H groups in total. The average Bonchev–Trinajstić information content (AvgIpc) is 3.13. The number of rotatable bonds is 0. The van der Waals surface area contributed by atoms with Crippen molar-refractivity contribution in [2.24, 2.45) is 40.4 Å². The Morgan fingerprint density at radius 1 is 1.04 bits per heavy atom. The Bertz CT molecular complexity index is 632. The smallest absolute Gasteiger partial charge is 0.0911 e. The molecule has 8 atom stereocenters. The van der Waals surface area contributed by atoms with Crippen LogP contribution in [0, 0.1) is 51.8 Å². The Balaban J connectivity index is 1.45. The molecule has 5 aliphatic carbocycles. The monoisotopic (exact) mass is 339 g/mol. The normalized spacial score (nSPS) is 55.8. The summed E-state index contributed by atoms with van der Waals surface area (Å²) in [5.74, 6) is 4.25. The molecule has 5 saturated carbocycles. The summed E-state index contributed by atoms with van der Waals surface area (Å²) in [6, 6.07) is 2.33. The molecule has 3 unspecified atom stereocenters. The number of nitriles is 1. The van der Waals surface area contributed by atoms with Crippen LogP contribution in [-0.2, 0) is 0 Å². The molecule has 0 aromatic rings. The molecule has 0 bridgehead atoms. The van der Waals surface area contributed by atoms with E-state index >= 15 is 0 Å². The van der Waals surface area contributed by atoms with Crippen LogP contribution in [0.2, 0.25) is 0 Å². The first kappa shape index (κ1) is 16.4. The minimum Gasteiger partial charge on any atom is -0.393 e. The van der Waals surface area contributed by atoms with Crippen LogP contribution in [0.15, 0.2) is 11.6 Å². The Labute approximate surface area is 152 Å². The van der Waals surface area contributed by atoms with Gasteiger partial charge in [0.05, 0.1) is 12.2 Å². The zero-order valence-electron chi connectivity index (χ0n) is 15.7. The molecule has 0 amide bonds. The van der Waals surface area contributed by atoms with E-state index in [1.807, 2.05) is 6.08 Å². The fourth-order valence-electron chi connectivity index (χ4n) is 8.89. The first-order valence-corrected chi connectivity index (χ1v) is 10.8. The summed E-state index contributed by atoms with van der Waals surface area (Å²) in [4.78, 5) is 0. The number of hydrogen-bond acceptors (Lipinski definition) is 2. The predicted molar refractivity (Wildman–Crippen MR) is 98.5 cm³/mol. The van der Waals surface area contributed by atoms with E-state index < -0.39 is 0 Å². The van der Waals surface area contributed by atoms with E-state index in [-0.39, 0.29) is 6.10 Å². The molecule has 136 valence electrons. The standard InChI is InChI=1S/C23H33NO/c1-22-10-7-17(25)14-16(22)2-3-18-20(22)8-12-23-11-6-15(9-13-24)19(23)4-5-21(18)23/h9,16-21,25H,2-8,10-12,14H2,1H3/t16-,17+,18?,19+,20?,21?,22-,23+/m0/s1. The maximum Gasteiger partial charge on any atom is 0.0911 e. The van der Waals surface area contributed by atoms with Gasteiger partial charge < -0.3 is 5.11 Å². The fraction of sp³-hybridized carbons (Fsp3) is 0.870. The van der Waals surface area contributed by atoms with Gasteiger partial charge >= 0.3 is 0 Å². The molecule has 0 aliphatic heterocycles. The fourth-order valence-corrected chi connectivity index (χ4v) is 8.89. The summed E-state index contributed by atoms with van der Waals surface area (Å²) < 4.78 is 0. The van der Waals surface area contributed by atoms with Crippen LogP contribution in [0.5, 0.6) is 0 Å². The average molecular weight is 340 g/mol. The van der Waals surface area contributed by atoms with Crippen LogP contribution in [0.1, 0.15) is 77.6 Å². The molecule has 5 fully saturated rings. The van der Waals surface area contributed by atoms with Gasteiger partial charge in [-0.2, -0.15) is 5.26 Å². The highest BCUT2D eigenvalue weighted by Gasteiger charge is 2.63. The molecule has 5 aliphatic rings. The Kier molecular flexibility index (Phi) is 3.66. The van der Waals surface area contributed by atoms with Gasteiger partial charge in [0.2, 0.25) is 0 Å². The first-order valence-electron chi connectivity index (χ1n) is 10.8. The van der Waals surface area contributed by atoms with Crippen LogP contribution in [0.4, 0.5) is 0 Å². The quantitative estimate of drug-likeness (QED) is 0.614. The van der Waals surface area contributed by atoms with Gasteiger partial charge in [-0.1, -0.05) is 12.5 Å². The SMILES string of the molecule is C[C@]12CC[C@@H](O)C[C@@H]1CCC1C3CC[C@@H]4C(=CC#N)CC[C@]34CCC12. The zero-order chi connectivity index (χ0) is 17.2. The van der Waals surface area contributed by atoms with E-state index in [2.05, 4.69) is 13.0 Å². The lowest BCUT2D eigenvalue weighted by molar-refractivity contribution is -0.126. The summed E-state index contributed by atoms with van der Waals surface area (Å²) in [5, 5.41) is 19.3. The number of aliphatic hydroxyl groups excluding tert-OH is 1. The third kappa shape index (κ3) is 2.11. The molecular weight excluding hydrogens is 306 g/mol.